The summed E-state index contributed by atoms with van der Waals surface area (Å²) in [7, 11) is 1.89. The topological polar surface area (TPSA) is 68.2 Å². The Morgan fingerprint density at radius 1 is 0.970 bits per heavy atom. The molecule has 2 aliphatic heterocycles. The zero-order valence-electron chi connectivity index (χ0n) is 21.4. The van der Waals surface area contributed by atoms with Crippen molar-refractivity contribution in [3.05, 3.63) is 0 Å². The highest BCUT2D eigenvalue weighted by Gasteiger charge is 2.72. The first-order valence-corrected chi connectivity index (χ1v) is 13.8. The van der Waals surface area contributed by atoms with Crippen molar-refractivity contribution in [2.75, 3.05) is 13.7 Å². The van der Waals surface area contributed by atoms with Crippen LogP contribution in [0.3, 0.4) is 0 Å². The Balaban J connectivity index is 1.26. The van der Waals surface area contributed by atoms with Crippen LogP contribution in [0.1, 0.15) is 85.5 Å². The minimum atomic E-state index is -0.945. The van der Waals surface area contributed by atoms with Crippen LogP contribution in [0.15, 0.2) is 0 Å². The number of rotatable bonds is 2. The summed E-state index contributed by atoms with van der Waals surface area (Å²) in [5.74, 6) is 2.79. The van der Waals surface area contributed by atoms with Crippen LogP contribution in [-0.2, 0) is 14.2 Å². The number of hydrogen-bond acceptors (Lipinski definition) is 5. The smallest absolute Gasteiger partial charge is 0.198 e. The normalized spacial score (nSPS) is 62.1. The lowest BCUT2D eigenvalue weighted by molar-refractivity contribution is -0.285. The van der Waals surface area contributed by atoms with Gasteiger partial charge in [-0.1, -0.05) is 20.8 Å². The Kier molecular flexibility index (Phi) is 5.21. The molecule has 5 heteroatoms. The molecule has 0 aromatic carbocycles. The van der Waals surface area contributed by atoms with Gasteiger partial charge in [0.15, 0.2) is 5.79 Å². The SMILES string of the molecule is CO[C@H]1CC[C@@]2(C)[C@@H](CC[C@@H]3[C@@H]2CC[C@]2(C)[C@@H]4[C@H](C[C@@H]32)O[C@@]2(O[C@](C)(CO)C[C@@H]2O)[C@H]4C)C1. The lowest BCUT2D eigenvalue weighted by atomic mass is 9.44. The van der Waals surface area contributed by atoms with E-state index >= 15 is 0 Å². The Bertz CT molecular complexity index is 788. The van der Waals surface area contributed by atoms with Crippen LogP contribution >= 0.6 is 0 Å². The molecular formula is C28H46O5. The van der Waals surface area contributed by atoms with Gasteiger partial charge in [-0.3, -0.25) is 0 Å². The summed E-state index contributed by atoms with van der Waals surface area (Å²) < 4.78 is 18.9. The summed E-state index contributed by atoms with van der Waals surface area (Å²) in [5.41, 5.74) is 0.0135. The molecule has 6 fully saturated rings. The molecule has 5 nitrogen and oxygen atoms in total. The number of fused-ring (bicyclic) bond motifs is 7. The molecule has 6 rings (SSSR count). The third-order valence-electron chi connectivity index (χ3n) is 12.4. The molecule has 0 radical (unpaired) electrons. The average Bonchev–Trinajstić information content (AvgIpc) is 3.34. The minimum Gasteiger partial charge on any atom is -0.393 e. The van der Waals surface area contributed by atoms with E-state index in [0.717, 1.165) is 24.2 Å². The van der Waals surface area contributed by atoms with Crippen molar-refractivity contribution >= 4 is 0 Å². The van der Waals surface area contributed by atoms with Crippen LogP contribution < -0.4 is 0 Å². The first-order valence-electron chi connectivity index (χ1n) is 13.8. The van der Waals surface area contributed by atoms with E-state index in [-0.39, 0.29) is 24.0 Å². The predicted molar refractivity (Wildman–Crippen MR) is 125 cm³/mol. The molecule has 0 amide bonds. The van der Waals surface area contributed by atoms with Gasteiger partial charge in [0.2, 0.25) is 0 Å². The molecule has 1 spiro atoms. The van der Waals surface area contributed by atoms with Gasteiger partial charge in [-0.25, -0.2) is 0 Å². The fraction of sp³-hybridized carbons (Fsp3) is 1.00. The summed E-state index contributed by atoms with van der Waals surface area (Å²) in [5, 5.41) is 21.0. The highest BCUT2D eigenvalue weighted by molar-refractivity contribution is 5.17. The molecule has 0 aromatic heterocycles. The van der Waals surface area contributed by atoms with Crippen molar-refractivity contribution in [2.45, 2.75) is 115 Å². The number of ether oxygens (including phenoxy) is 3. The molecule has 4 aliphatic carbocycles. The quantitative estimate of drug-likeness (QED) is 0.631. The molecule has 188 valence electrons. The van der Waals surface area contributed by atoms with Crippen molar-refractivity contribution in [3.63, 3.8) is 0 Å². The third-order valence-corrected chi connectivity index (χ3v) is 12.4. The maximum atomic E-state index is 11.1. The molecule has 2 N–H and O–H groups in total. The molecule has 0 unspecified atom stereocenters. The van der Waals surface area contributed by atoms with E-state index < -0.39 is 17.5 Å². The highest BCUT2D eigenvalue weighted by Crippen LogP contribution is 2.71. The van der Waals surface area contributed by atoms with E-state index in [1.807, 2.05) is 14.0 Å². The number of hydrogen-bond donors (Lipinski definition) is 2. The second kappa shape index (κ2) is 7.41. The molecule has 33 heavy (non-hydrogen) atoms. The molecule has 4 saturated carbocycles. The lowest BCUT2D eigenvalue weighted by Gasteiger charge is -2.61. The monoisotopic (exact) mass is 462 g/mol. The second-order valence-electron chi connectivity index (χ2n) is 13.7. The van der Waals surface area contributed by atoms with E-state index in [9.17, 15) is 10.2 Å². The van der Waals surface area contributed by atoms with Gasteiger partial charge in [0.05, 0.1) is 24.4 Å². The van der Waals surface area contributed by atoms with E-state index in [2.05, 4.69) is 20.8 Å². The maximum Gasteiger partial charge on any atom is 0.198 e. The van der Waals surface area contributed by atoms with Gasteiger partial charge in [-0.05, 0) is 98.7 Å². The van der Waals surface area contributed by atoms with E-state index in [0.29, 0.717) is 29.8 Å². The van der Waals surface area contributed by atoms with Crippen LogP contribution in [0.5, 0.6) is 0 Å². The summed E-state index contributed by atoms with van der Waals surface area (Å²) in [4.78, 5) is 0. The fourth-order valence-corrected chi connectivity index (χ4v) is 10.7. The van der Waals surface area contributed by atoms with E-state index in [1.54, 1.807) is 0 Å². The van der Waals surface area contributed by atoms with Crippen molar-refractivity contribution in [2.24, 2.45) is 46.3 Å². The molecule has 13 atom stereocenters. The van der Waals surface area contributed by atoms with Gasteiger partial charge in [0.25, 0.3) is 0 Å². The zero-order valence-corrected chi connectivity index (χ0v) is 21.4. The molecule has 0 bridgehead atoms. The molecule has 0 aromatic rings. The van der Waals surface area contributed by atoms with Crippen LogP contribution in [0.4, 0.5) is 0 Å². The fourth-order valence-electron chi connectivity index (χ4n) is 10.7. The van der Waals surface area contributed by atoms with Gasteiger partial charge < -0.3 is 24.4 Å². The Labute approximate surface area is 199 Å². The average molecular weight is 463 g/mol. The first kappa shape index (κ1) is 23.2. The van der Waals surface area contributed by atoms with Crippen molar-refractivity contribution in [1.29, 1.82) is 0 Å². The summed E-state index contributed by atoms with van der Waals surface area (Å²) in [6, 6.07) is 0. The Morgan fingerprint density at radius 3 is 2.42 bits per heavy atom. The van der Waals surface area contributed by atoms with Crippen molar-refractivity contribution in [1.82, 2.24) is 0 Å². The zero-order chi connectivity index (χ0) is 23.4. The largest absolute Gasteiger partial charge is 0.393 e. The second-order valence-corrected chi connectivity index (χ2v) is 13.7. The van der Waals surface area contributed by atoms with Crippen molar-refractivity contribution < 1.29 is 24.4 Å². The standard InChI is InChI=1S/C28H46O5/c1-16-24-22(32-28(16)23(30)14-25(2,15-29)33-28)13-21-19-7-6-17-12-18(31-5)8-10-26(17,3)20(19)9-11-27(21,24)4/h16-24,29-30H,6-15H2,1-5H3/t16-,17-,18-,19+,20-,21-,22-,23-,24-,25-,26-,27-,28+/m0/s1. The summed E-state index contributed by atoms with van der Waals surface area (Å²) in [6.45, 7) is 9.24. The van der Waals surface area contributed by atoms with Gasteiger partial charge >= 0.3 is 0 Å². The van der Waals surface area contributed by atoms with Gasteiger partial charge in [0.1, 0.15) is 6.10 Å². The van der Waals surface area contributed by atoms with Crippen LogP contribution in [-0.4, -0.2) is 53.6 Å². The third kappa shape index (κ3) is 2.95. The molecule has 2 saturated heterocycles. The van der Waals surface area contributed by atoms with E-state index in [1.165, 1.54) is 44.9 Å². The minimum absolute atomic E-state index is 0.0788. The van der Waals surface area contributed by atoms with Crippen LogP contribution in [0.25, 0.3) is 0 Å². The number of aliphatic hydroxyl groups excluding tert-OH is 2. The number of methoxy groups -OCH3 is 1. The van der Waals surface area contributed by atoms with Gasteiger partial charge in [0, 0.05) is 19.4 Å². The Morgan fingerprint density at radius 2 is 1.73 bits per heavy atom. The van der Waals surface area contributed by atoms with Gasteiger partial charge in [-0.2, -0.15) is 0 Å². The predicted octanol–water partition coefficient (Wildman–Crippen LogP) is 4.53. The maximum absolute atomic E-state index is 11.1. The molecule has 2 heterocycles. The number of aliphatic hydroxyl groups is 2. The van der Waals surface area contributed by atoms with Crippen LogP contribution in [0, 0.1) is 46.3 Å². The Hall–Kier alpha value is -0.200. The summed E-state index contributed by atoms with van der Waals surface area (Å²) >= 11 is 0. The van der Waals surface area contributed by atoms with Crippen LogP contribution in [0.2, 0.25) is 0 Å². The van der Waals surface area contributed by atoms with Gasteiger partial charge in [-0.15, -0.1) is 0 Å². The van der Waals surface area contributed by atoms with E-state index in [4.69, 9.17) is 14.2 Å². The highest BCUT2D eigenvalue weighted by atomic mass is 16.7. The first-order chi connectivity index (χ1) is 15.6. The molecule has 6 aliphatic rings. The summed E-state index contributed by atoms with van der Waals surface area (Å²) in [6.07, 6.45) is 10.7. The molecular weight excluding hydrogens is 416 g/mol. The lowest BCUT2D eigenvalue weighted by Crippen LogP contribution is -2.55. The van der Waals surface area contributed by atoms with Crippen molar-refractivity contribution in [3.8, 4) is 0 Å².